The van der Waals surface area contributed by atoms with E-state index in [1.807, 2.05) is 0 Å². The third-order valence-corrected chi connectivity index (χ3v) is 3.13. The molecule has 0 aromatic carbocycles. The molecule has 2 atom stereocenters. The van der Waals surface area contributed by atoms with Gasteiger partial charge in [0.05, 0.1) is 12.2 Å². The van der Waals surface area contributed by atoms with E-state index in [1.165, 1.54) is 0 Å². The first-order valence-corrected chi connectivity index (χ1v) is 9.10. The fourth-order valence-corrected chi connectivity index (χ4v) is 2.02. The highest BCUT2D eigenvalue weighted by molar-refractivity contribution is 5.67. The Kier molecular flexibility index (Phi) is 10.6. The van der Waals surface area contributed by atoms with Crippen molar-refractivity contribution in [3.8, 4) is 0 Å². The number of aliphatic hydroxyl groups excluding tert-OH is 2. The lowest BCUT2D eigenvalue weighted by Gasteiger charge is -2.21. The smallest absolute Gasteiger partial charge is 0.407 e. The molecule has 0 aliphatic carbocycles. The molecule has 4 N–H and O–H groups in total. The summed E-state index contributed by atoms with van der Waals surface area (Å²) in [7, 11) is 0. The topological polar surface area (TPSA) is 117 Å². The maximum atomic E-state index is 11.5. The molecule has 154 valence electrons. The quantitative estimate of drug-likeness (QED) is 0.459. The van der Waals surface area contributed by atoms with E-state index in [4.69, 9.17) is 9.47 Å². The first kappa shape index (κ1) is 24.5. The first-order valence-electron chi connectivity index (χ1n) is 9.10. The van der Waals surface area contributed by atoms with Gasteiger partial charge in [-0.2, -0.15) is 0 Å². The van der Waals surface area contributed by atoms with E-state index in [0.717, 1.165) is 0 Å². The standard InChI is InChI=1S/C18H36N2O6/c1-17(2,3)25-15(23)19-11-7-9-13(21)14(22)10-8-12-20-16(24)26-18(4,5)6/h13-14,21-22H,7-12H2,1-6H3,(H,19,23)(H,20,24)/t13-,14-/m1/s1. The fourth-order valence-electron chi connectivity index (χ4n) is 2.02. The number of carbonyl (C=O) groups is 2. The van der Waals surface area contributed by atoms with Crippen LogP contribution >= 0.6 is 0 Å². The summed E-state index contributed by atoms with van der Waals surface area (Å²) in [5, 5.41) is 25.1. The summed E-state index contributed by atoms with van der Waals surface area (Å²) in [4.78, 5) is 22.9. The van der Waals surface area contributed by atoms with E-state index in [0.29, 0.717) is 38.8 Å². The molecule has 0 rings (SSSR count). The van der Waals surface area contributed by atoms with Crippen LogP contribution < -0.4 is 10.6 Å². The number of carbonyl (C=O) groups excluding carboxylic acids is 2. The van der Waals surface area contributed by atoms with Crippen molar-refractivity contribution in [2.24, 2.45) is 0 Å². The number of aliphatic hydroxyl groups is 2. The highest BCUT2D eigenvalue weighted by atomic mass is 16.6. The maximum Gasteiger partial charge on any atom is 0.407 e. The summed E-state index contributed by atoms with van der Waals surface area (Å²) in [6.45, 7) is 11.4. The average molecular weight is 376 g/mol. The number of ether oxygens (including phenoxy) is 2. The molecular formula is C18H36N2O6. The van der Waals surface area contributed by atoms with Gasteiger partial charge in [0, 0.05) is 13.1 Å². The second-order valence-corrected chi connectivity index (χ2v) is 8.28. The molecule has 2 amide bonds. The normalized spacial score (nSPS) is 14.3. The van der Waals surface area contributed by atoms with Crippen molar-refractivity contribution in [2.75, 3.05) is 13.1 Å². The molecule has 0 saturated heterocycles. The third kappa shape index (κ3) is 14.8. The van der Waals surface area contributed by atoms with Crippen LogP contribution in [-0.4, -0.2) is 58.9 Å². The lowest BCUT2D eigenvalue weighted by atomic mass is 10.0. The van der Waals surface area contributed by atoms with Gasteiger partial charge in [-0.15, -0.1) is 0 Å². The van der Waals surface area contributed by atoms with Gasteiger partial charge in [-0.05, 0) is 67.2 Å². The molecule has 0 spiro atoms. The zero-order valence-corrected chi connectivity index (χ0v) is 16.9. The SMILES string of the molecule is CC(C)(C)OC(=O)NCCC[C@@H](O)[C@H](O)CCCNC(=O)OC(C)(C)C. The molecule has 0 aliphatic heterocycles. The Morgan fingerprint density at radius 3 is 1.35 bits per heavy atom. The minimum Gasteiger partial charge on any atom is -0.444 e. The summed E-state index contributed by atoms with van der Waals surface area (Å²) in [5.74, 6) is 0. The number of hydrogen-bond acceptors (Lipinski definition) is 6. The van der Waals surface area contributed by atoms with Crippen LogP contribution in [0.4, 0.5) is 9.59 Å². The molecule has 0 unspecified atom stereocenters. The van der Waals surface area contributed by atoms with Crippen LogP contribution in [-0.2, 0) is 9.47 Å². The molecule has 0 aromatic rings. The second kappa shape index (κ2) is 11.2. The molecular weight excluding hydrogens is 340 g/mol. The van der Waals surface area contributed by atoms with Crippen LogP contribution in [0.2, 0.25) is 0 Å². The Bertz CT molecular complexity index is 388. The molecule has 0 aliphatic rings. The van der Waals surface area contributed by atoms with Crippen LogP contribution in [0.1, 0.15) is 67.2 Å². The number of amides is 2. The van der Waals surface area contributed by atoms with Crippen LogP contribution in [0, 0.1) is 0 Å². The van der Waals surface area contributed by atoms with Gasteiger partial charge in [0.1, 0.15) is 11.2 Å². The van der Waals surface area contributed by atoms with E-state index in [1.54, 1.807) is 41.5 Å². The molecule has 8 heteroatoms. The monoisotopic (exact) mass is 376 g/mol. The van der Waals surface area contributed by atoms with E-state index in [2.05, 4.69) is 10.6 Å². The van der Waals surface area contributed by atoms with Gasteiger partial charge in [0.15, 0.2) is 0 Å². The van der Waals surface area contributed by atoms with E-state index < -0.39 is 35.6 Å². The van der Waals surface area contributed by atoms with Crippen molar-refractivity contribution in [3.05, 3.63) is 0 Å². The Morgan fingerprint density at radius 1 is 0.769 bits per heavy atom. The summed E-state index contributed by atoms with van der Waals surface area (Å²) < 4.78 is 10.2. The predicted octanol–water partition coefficient (Wildman–Crippen LogP) is 2.32. The lowest BCUT2D eigenvalue weighted by Crippen LogP contribution is -2.34. The summed E-state index contributed by atoms with van der Waals surface area (Å²) in [6.07, 6.45) is -0.996. The summed E-state index contributed by atoms with van der Waals surface area (Å²) >= 11 is 0. The van der Waals surface area contributed by atoms with Crippen molar-refractivity contribution in [2.45, 2.75) is 90.6 Å². The summed E-state index contributed by atoms with van der Waals surface area (Å²) in [5.41, 5.74) is -1.10. The third-order valence-electron chi connectivity index (χ3n) is 3.13. The minimum absolute atomic E-state index is 0.358. The molecule has 0 heterocycles. The predicted molar refractivity (Wildman–Crippen MR) is 99.0 cm³/mol. The zero-order chi connectivity index (χ0) is 20.4. The molecule has 0 fully saturated rings. The van der Waals surface area contributed by atoms with Crippen molar-refractivity contribution in [3.63, 3.8) is 0 Å². The highest BCUT2D eigenvalue weighted by Gasteiger charge is 2.18. The van der Waals surface area contributed by atoms with Gasteiger partial charge in [0.2, 0.25) is 0 Å². The van der Waals surface area contributed by atoms with Gasteiger partial charge in [0.25, 0.3) is 0 Å². The van der Waals surface area contributed by atoms with Crippen LogP contribution in [0.15, 0.2) is 0 Å². The van der Waals surface area contributed by atoms with Gasteiger partial charge >= 0.3 is 12.2 Å². The molecule has 26 heavy (non-hydrogen) atoms. The van der Waals surface area contributed by atoms with E-state index in [9.17, 15) is 19.8 Å². The van der Waals surface area contributed by atoms with Crippen LogP contribution in [0.25, 0.3) is 0 Å². The van der Waals surface area contributed by atoms with Gasteiger partial charge < -0.3 is 30.3 Å². The van der Waals surface area contributed by atoms with Crippen molar-refractivity contribution < 1.29 is 29.3 Å². The molecule has 0 radical (unpaired) electrons. The summed E-state index contributed by atoms with van der Waals surface area (Å²) in [6, 6.07) is 0. The molecule has 0 saturated carbocycles. The van der Waals surface area contributed by atoms with E-state index >= 15 is 0 Å². The van der Waals surface area contributed by atoms with Gasteiger partial charge in [-0.3, -0.25) is 0 Å². The van der Waals surface area contributed by atoms with Gasteiger partial charge in [-0.25, -0.2) is 9.59 Å². The molecule has 8 nitrogen and oxygen atoms in total. The Balaban J connectivity index is 3.79. The zero-order valence-electron chi connectivity index (χ0n) is 16.9. The van der Waals surface area contributed by atoms with Crippen LogP contribution in [0.3, 0.4) is 0 Å². The fraction of sp³-hybridized carbons (Fsp3) is 0.889. The number of nitrogens with one attached hydrogen (secondary N) is 2. The Labute approximate surface area is 156 Å². The second-order valence-electron chi connectivity index (χ2n) is 8.28. The minimum atomic E-state index is -0.878. The first-order chi connectivity index (χ1) is 11.8. The molecule has 0 bridgehead atoms. The van der Waals surface area contributed by atoms with E-state index in [-0.39, 0.29) is 0 Å². The van der Waals surface area contributed by atoms with Crippen molar-refractivity contribution in [1.29, 1.82) is 0 Å². The average Bonchev–Trinajstić information content (AvgIpc) is 2.44. The maximum absolute atomic E-state index is 11.5. The Hall–Kier alpha value is -1.54. The number of hydrogen-bond donors (Lipinski definition) is 4. The largest absolute Gasteiger partial charge is 0.444 e. The molecule has 0 aromatic heterocycles. The van der Waals surface area contributed by atoms with Crippen molar-refractivity contribution >= 4 is 12.2 Å². The highest BCUT2D eigenvalue weighted by Crippen LogP contribution is 2.10. The van der Waals surface area contributed by atoms with Crippen LogP contribution in [0.5, 0.6) is 0 Å². The number of rotatable bonds is 9. The number of alkyl carbamates (subject to hydrolysis) is 2. The van der Waals surface area contributed by atoms with Crippen molar-refractivity contribution in [1.82, 2.24) is 10.6 Å². The lowest BCUT2D eigenvalue weighted by molar-refractivity contribution is 0.00734. The van der Waals surface area contributed by atoms with Gasteiger partial charge in [-0.1, -0.05) is 0 Å². The Morgan fingerprint density at radius 2 is 1.08 bits per heavy atom.